The van der Waals surface area contributed by atoms with E-state index in [1.807, 2.05) is 6.07 Å². The maximum absolute atomic E-state index is 13.0. The van der Waals surface area contributed by atoms with Crippen molar-refractivity contribution in [1.29, 1.82) is 0 Å². The Labute approximate surface area is 180 Å². The lowest BCUT2D eigenvalue weighted by Crippen LogP contribution is -2.77. The third-order valence-electron chi connectivity index (χ3n) is 8.06. The standard InChI is InChI=1S/C24H26N2O5/c1-26(19(28)5-2-14-7-11-30-13-14)16-6-8-24(29)18-12-15-3-4-17(27)21-20(15)23(24,9-10-25-18)22(16)31-21/h2-5,7,11,13,16,18,22,25,27,29H,6,8-10,12H2,1H3/b5-2+/t16-,18+,22-,23-,24+/m0/s1. The number of phenols is 1. The lowest BCUT2D eigenvalue weighted by molar-refractivity contribution is -0.171. The first-order valence-electron chi connectivity index (χ1n) is 10.9. The van der Waals surface area contributed by atoms with Gasteiger partial charge in [0, 0.05) is 30.3 Å². The first-order valence-corrected chi connectivity index (χ1v) is 10.9. The van der Waals surface area contributed by atoms with Crippen molar-refractivity contribution in [3.8, 4) is 11.5 Å². The number of amides is 1. The van der Waals surface area contributed by atoms with E-state index >= 15 is 0 Å². The van der Waals surface area contributed by atoms with Gasteiger partial charge in [-0.25, -0.2) is 0 Å². The Hall–Kier alpha value is -2.77. The summed E-state index contributed by atoms with van der Waals surface area (Å²) in [5, 5.41) is 26.1. The first-order chi connectivity index (χ1) is 15.0. The molecule has 0 radical (unpaired) electrons. The summed E-state index contributed by atoms with van der Waals surface area (Å²) in [5.41, 5.74) is 1.31. The van der Waals surface area contributed by atoms with Crippen LogP contribution in [0.15, 0.2) is 41.2 Å². The molecule has 5 atom stereocenters. The number of rotatable bonds is 3. The molecule has 3 N–H and O–H groups in total. The molecule has 7 heteroatoms. The van der Waals surface area contributed by atoms with E-state index in [2.05, 4.69) is 5.32 Å². The van der Waals surface area contributed by atoms with Crippen LogP contribution in [0.1, 0.15) is 36.0 Å². The Balaban J connectivity index is 1.41. The van der Waals surface area contributed by atoms with Gasteiger partial charge < -0.3 is 29.6 Å². The van der Waals surface area contributed by atoms with Gasteiger partial charge in [-0.2, -0.15) is 0 Å². The van der Waals surface area contributed by atoms with E-state index in [4.69, 9.17) is 9.15 Å². The molecule has 1 spiro atoms. The highest BCUT2D eigenvalue weighted by Crippen LogP contribution is 2.64. The number of carbonyl (C=O) groups is 1. The summed E-state index contributed by atoms with van der Waals surface area (Å²) in [6, 6.07) is 5.16. The molecular formula is C24H26N2O5. The summed E-state index contributed by atoms with van der Waals surface area (Å²) in [4.78, 5) is 14.7. The highest BCUT2D eigenvalue weighted by atomic mass is 16.5. The monoisotopic (exact) mass is 422 g/mol. The van der Waals surface area contributed by atoms with Gasteiger partial charge in [0.15, 0.2) is 11.5 Å². The molecule has 31 heavy (non-hydrogen) atoms. The summed E-state index contributed by atoms with van der Waals surface area (Å²) in [5.74, 6) is 0.468. The molecule has 4 aliphatic rings. The SMILES string of the molecule is CN(C(=O)/C=C/c1ccoc1)[C@H]1CC[C@@]2(O)[C@H]3Cc4ccc(O)c5c4[C@@]2(CCN3)[C@H]1O5. The molecule has 1 aromatic heterocycles. The Kier molecular flexibility index (Phi) is 3.90. The highest BCUT2D eigenvalue weighted by Gasteiger charge is 2.72. The zero-order chi connectivity index (χ0) is 21.4. The van der Waals surface area contributed by atoms with Gasteiger partial charge in [-0.05, 0) is 56.0 Å². The maximum atomic E-state index is 13.0. The molecule has 1 aromatic carbocycles. The number of ether oxygens (including phenoxy) is 1. The van der Waals surface area contributed by atoms with Crippen molar-refractivity contribution >= 4 is 12.0 Å². The lowest BCUT2D eigenvalue weighted by Gasteiger charge is -2.62. The molecule has 6 rings (SSSR count). The smallest absolute Gasteiger partial charge is 0.246 e. The van der Waals surface area contributed by atoms with E-state index < -0.39 is 17.1 Å². The minimum Gasteiger partial charge on any atom is -0.504 e. The third-order valence-corrected chi connectivity index (χ3v) is 8.06. The van der Waals surface area contributed by atoms with Gasteiger partial charge in [-0.1, -0.05) is 6.07 Å². The molecule has 0 unspecified atom stereocenters. The fraction of sp³-hybridized carbons (Fsp3) is 0.458. The van der Waals surface area contributed by atoms with Gasteiger partial charge >= 0.3 is 0 Å². The third kappa shape index (κ3) is 2.33. The summed E-state index contributed by atoms with van der Waals surface area (Å²) in [6.07, 6.45) is 8.65. The van der Waals surface area contributed by atoms with E-state index in [0.717, 1.165) is 23.2 Å². The average molecular weight is 422 g/mol. The van der Waals surface area contributed by atoms with Crippen LogP contribution < -0.4 is 10.1 Å². The van der Waals surface area contributed by atoms with Gasteiger partial charge in [-0.3, -0.25) is 4.79 Å². The van der Waals surface area contributed by atoms with Crippen LogP contribution in [0, 0.1) is 0 Å². The minimum absolute atomic E-state index is 0.0571. The second kappa shape index (κ2) is 6.37. The zero-order valence-corrected chi connectivity index (χ0v) is 17.4. The van der Waals surface area contributed by atoms with Crippen LogP contribution >= 0.6 is 0 Å². The van der Waals surface area contributed by atoms with Gasteiger partial charge in [0.05, 0.1) is 29.6 Å². The normalized spacial score (nSPS) is 35.0. The number of piperidine rings is 1. The maximum Gasteiger partial charge on any atom is 0.246 e. The number of hydrogen-bond acceptors (Lipinski definition) is 6. The number of furan rings is 1. The average Bonchev–Trinajstić information content (AvgIpc) is 3.38. The van der Waals surface area contributed by atoms with E-state index in [1.165, 1.54) is 0 Å². The molecule has 1 amide bonds. The van der Waals surface area contributed by atoms with Gasteiger partial charge in [0.25, 0.3) is 0 Å². The number of likely N-dealkylation sites (N-methyl/N-ethyl adjacent to an activating group) is 1. The Morgan fingerprint density at radius 3 is 3.00 bits per heavy atom. The van der Waals surface area contributed by atoms with Crippen LogP contribution in [0.5, 0.6) is 11.5 Å². The first kappa shape index (κ1) is 19.0. The number of benzene rings is 1. The van der Waals surface area contributed by atoms with Gasteiger partial charge in [0.2, 0.25) is 5.91 Å². The molecule has 7 nitrogen and oxygen atoms in total. The number of nitrogens with one attached hydrogen (secondary N) is 1. The molecule has 2 aliphatic heterocycles. The Bertz CT molecular complexity index is 1080. The summed E-state index contributed by atoms with van der Waals surface area (Å²) < 4.78 is 11.5. The molecule has 2 bridgehead atoms. The van der Waals surface area contributed by atoms with Crippen molar-refractivity contribution in [1.82, 2.24) is 10.2 Å². The van der Waals surface area contributed by atoms with Crippen LogP contribution in [0.4, 0.5) is 0 Å². The predicted molar refractivity (Wildman–Crippen MR) is 113 cm³/mol. The van der Waals surface area contributed by atoms with E-state index in [-0.39, 0.29) is 23.7 Å². The Morgan fingerprint density at radius 1 is 1.32 bits per heavy atom. The number of hydrogen-bond donors (Lipinski definition) is 3. The molecule has 3 heterocycles. The molecule has 2 aliphatic carbocycles. The molecule has 2 fully saturated rings. The van der Waals surface area contributed by atoms with Crippen molar-refractivity contribution < 1.29 is 24.2 Å². The number of aliphatic hydroxyl groups is 1. The molecular weight excluding hydrogens is 396 g/mol. The van der Waals surface area contributed by atoms with Gasteiger partial charge in [-0.15, -0.1) is 0 Å². The number of carbonyl (C=O) groups excluding carboxylic acids is 1. The second-order valence-electron chi connectivity index (χ2n) is 9.29. The highest BCUT2D eigenvalue weighted by molar-refractivity contribution is 5.91. The van der Waals surface area contributed by atoms with Crippen molar-refractivity contribution in [3.05, 3.63) is 53.5 Å². The number of phenolic OH excluding ortho intramolecular Hbond substituents is 1. The Morgan fingerprint density at radius 2 is 2.19 bits per heavy atom. The number of nitrogens with zero attached hydrogens (tertiary/aromatic N) is 1. The van der Waals surface area contributed by atoms with Crippen LogP contribution in [0.3, 0.4) is 0 Å². The minimum atomic E-state index is -0.963. The largest absolute Gasteiger partial charge is 0.504 e. The fourth-order valence-electron chi connectivity index (χ4n) is 6.63. The van der Waals surface area contributed by atoms with Crippen molar-refractivity contribution in [3.63, 3.8) is 0 Å². The van der Waals surface area contributed by atoms with Crippen molar-refractivity contribution in [2.45, 2.75) is 54.9 Å². The zero-order valence-electron chi connectivity index (χ0n) is 17.4. The van der Waals surface area contributed by atoms with Crippen LogP contribution in [0.25, 0.3) is 6.08 Å². The van der Waals surface area contributed by atoms with Crippen molar-refractivity contribution in [2.24, 2.45) is 0 Å². The van der Waals surface area contributed by atoms with Crippen LogP contribution in [-0.2, 0) is 16.6 Å². The second-order valence-corrected chi connectivity index (χ2v) is 9.29. The van der Waals surface area contributed by atoms with E-state index in [0.29, 0.717) is 31.4 Å². The number of aromatic hydroxyl groups is 1. The van der Waals surface area contributed by atoms with Crippen LogP contribution in [-0.4, -0.2) is 58.4 Å². The summed E-state index contributed by atoms with van der Waals surface area (Å²) >= 11 is 0. The topological polar surface area (TPSA) is 95.2 Å². The molecule has 1 saturated heterocycles. The van der Waals surface area contributed by atoms with Crippen LogP contribution in [0.2, 0.25) is 0 Å². The molecule has 162 valence electrons. The fourth-order valence-corrected chi connectivity index (χ4v) is 6.63. The molecule has 2 aromatic rings. The summed E-state index contributed by atoms with van der Waals surface area (Å²) in [7, 11) is 1.79. The molecule has 1 saturated carbocycles. The lowest BCUT2D eigenvalue weighted by atomic mass is 9.48. The predicted octanol–water partition coefficient (Wildman–Crippen LogP) is 1.97. The van der Waals surface area contributed by atoms with E-state index in [9.17, 15) is 15.0 Å². The summed E-state index contributed by atoms with van der Waals surface area (Å²) in [6.45, 7) is 0.770. The van der Waals surface area contributed by atoms with Crippen molar-refractivity contribution in [2.75, 3.05) is 13.6 Å². The van der Waals surface area contributed by atoms with E-state index in [1.54, 1.807) is 48.8 Å². The van der Waals surface area contributed by atoms with Gasteiger partial charge in [0.1, 0.15) is 6.10 Å². The quantitative estimate of drug-likeness (QED) is 0.655.